The molecule has 8 unspecified atom stereocenters. The van der Waals surface area contributed by atoms with Crippen molar-refractivity contribution in [1.29, 1.82) is 0 Å². The molecule has 0 aromatic heterocycles. The van der Waals surface area contributed by atoms with E-state index in [9.17, 15) is 14.7 Å². The van der Waals surface area contributed by atoms with Crippen LogP contribution in [-0.4, -0.2) is 62.0 Å². The van der Waals surface area contributed by atoms with E-state index in [1.165, 1.54) is 5.57 Å². The summed E-state index contributed by atoms with van der Waals surface area (Å²) < 4.78 is 18.6. The van der Waals surface area contributed by atoms with E-state index in [1.807, 2.05) is 13.0 Å². The number of hydrogen-bond donors (Lipinski definition) is 2. The zero-order valence-corrected chi connectivity index (χ0v) is 22.4. The summed E-state index contributed by atoms with van der Waals surface area (Å²) in [5.41, 5.74) is 7.01. The first kappa shape index (κ1) is 26.3. The van der Waals surface area contributed by atoms with Crippen LogP contribution < -0.4 is 5.73 Å². The van der Waals surface area contributed by atoms with Crippen molar-refractivity contribution >= 4 is 11.8 Å². The molecule has 0 radical (unpaired) electrons. The predicted molar refractivity (Wildman–Crippen MR) is 135 cm³/mol. The highest BCUT2D eigenvalue weighted by Gasteiger charge is 2.63. The fourth-order valence-electron chi connectivity index (χ4n) is 9.13. The molecule has 0 aromatic rings. The van der Waals surface area contributed by atoms with Crippen molar-refractivity contribution in [2.24, 2.45) is 58.5 Å². The Morgan fingerprint density at radius 3 is 2.67 bits per heavy atom. The number of aliphatic carboxylic acids is 1. The van der Waals surface area contributed by atoms with E-state index in [-0.39, 0.29) is 53.1 Å². The number of carbonyl (C=O) groups excluding carboxylic acids is 1. The molecule has 7 nitrogen and oxygen atoms in total. The lowest BCUT2D eigenvalue weighted by Gasteiger charge is -2.63. The van der Waals surface area contributed by atoms with Crippen molar-refractivity contribution in [2.45, 2.75) is 77.5 Å². The van der Waals surface area contributed by atoms with Crippen molar-refractivity contribution in [1.82, 2.24) is 0 Å². The molecule has 1 saturated heterocycles. The van der Waals surface area contributed by atoms with Crippen molar-refractivity contribution in [3.05, 3.63) is 11.6 Å². The van der Waals surface area contributed by atoms with Crippen molar-refractivity contribution < 1.29 is 28.9 Å². The molecule has 11 atom stereocenters. The van der Waals surface area contributed by atoms with Gasteiger partial charge >= 0.3 is 5.97 Å². The van der Waals surface area contributed by atoms with Crippen LogP contribution in [-0.2, 0) is 23.8 Å². The number of nitrogens with two attached hydrogens (primary N) is 1. The third kappa shape index (κ3) is 4.28. The summed E-state index contributed by atoms with van der Waals surface area (Å²) in [7, 11) is 1.75. The monoisotopic (exact) mass is 503 g/mol. The van der Waals surface area contributed by atoms with Gasteiger partial charge in [-0.3, -0.25) is 9.59 Å². The van der Waals surface area contributed by atoms with Gasteiger partial charge in [0.1, 0.15) is 0 Å². The normalized spacial score (nSPS) is 44.8. The van der Waals surface area contributed by atoms with Gasteiger partial charge in [0.2, 0.25) is 0 Å². The van der Waals surface area contributed by atoms with Crippen LogP contribution in [0.2, 0.25) is 0 Å². The lowest BCUT2D eigenvalue weighted by atomic mass is 9.45. The van der Waals surface area contributed by atoms with E-state index >= 15 is 0 Å². The Bertz CT molecular complexity index is 885. The molecule has 4 aliphatic carbocycles. The maximum absolute atomic E-state index is 13.8. The highest BCUT2D eigenvalue weighted by atomic mass is 16.5. The third-order valence-electron chi connectivity index (χ3n) is 10.3. The topological polar surface area (TPSA) is 108 Å². The molecule has 1 heterocycles. The standard InChI is InChI=1S/C29H45NO6/c1-15(2)9-17-5-6-19-18-7-8-21-20-13-35-14-29(21,11-24(34-4)27(20)36-12-16(3)30)22(18)10-23(31)26(19)25(17)28(32)33/h10,15-21,24-27H,5-9,11-14,30H2,1-4H3,(H,32,33)/t16?,17?,18?,19?,20?,21?,24-,25?,26?,27-,29-/m1/s1. The predicted octanol–water partition coefficient (Wildman–Crippen LogP) is 3.69. The van der Waals surface area contributed by atoms with Gasteiger partial charge in [0, 0.05) is 30.4 Å². The van der Waals surface area contributed by atoms with Gasteiger partial charge in [-0.05, 0) is 81.1 Å². The van der Waals surface area contributed by atoms with E-state index in [2.05, 4.69) is 13.8 Å². The maximum atomic E-state index is 13.8. The number of methoxy groups -OCH3 is 1. The van der Waals surface area contributed by atoms with Gasteiger partial charge in [0.15, 0.2) is 5.78 Å². The molecule has 5 rings (SSSR count). The number of fused-ring (bicyclic) bond motifs is 3. The summed E-state index contributed by atoms with van der Waals surface area (Å²) in [6.07, 6.45) is 7.31. The zero-order valence-electron chi connectivity index (χ0n) is 22.4. The number of carboxylic acid groups (broad SMARTS) is 1. The van der Waals surface area contributed by atoms with Crippen LogP contribution in [0.5, 0.6) is 0 Å². The number of allylic oxidation sites excluding steroid dienone is 1. The fourth-order valence-corrected chi connectivity index (χ4v) is 9.13. The van der Waals surface area contributed by atoms with Crippen LogP contribution >= 0.6 is 0 Å². The summed E-state index contributed by atoms with van der Waals surface area (Å²) >= 11 is 0. The Balaban J connectivity index is 1.49. The Hall–Kier alpha value is -1.28. The first-order valence-electron chi connectivity index (χ1n) is 14.1. The molecule has 3 N–H and O–H groups in total. The number of rotatable bonds is 7. The largest absolute Gasteiger partial charge is 0.481 e. The van der Waals surface area contributed by atoms with E-state index in [1.54, 1.807) is 7.11 Å². The molecule has 0 aromatic carbocycles. The van der Waals surface area contributed by atoms with Gasteiger partial charge in [-0.1, -0.05) is 19.4 Å². The summed E-state index contributed by atoms with van der Waals surface area (Å²) in [6.45, 7) is 7.98. The molecule has 0 spiro atoms. The van der Waals surface area contributed by atoms with Crippen LogP contribution in [0.15, 0.2) is 11.6 Å². The van der Waals surface area contributed by atoms with Crippen molar-refractivity contribution in [3.8, 4) is 0 Å². The zero-order chi connectivity index (χ0) is 25.8. The van der Waals surface area contributed by atoms with Crippen LogP contribution in [0.25, 0.3) is 0 Å². The summed E-state index contributed by atoms with van der Waals surface area (Å²) in [6, 6.07) is -0.0435. The van der Waals surface area contributed by atoms with Gasteiger partial charge in [-0.2, -0.15) is 0 Å². The molecule has 4 fully saturated rings. The number of ether oxygens (including phenoxy) is 3. The van der Waals surface area contributed by atoms with Crippen molar-refractivity contribution in [3.63, 3.8) is 0 Å². The van der Waals surface area contributed by atoms with Crippen molar-refractivity contribution in [2.75, 3.05) is 26.9 Å². The van der Waals surface area contributed by atoms with Gasteiger partial charge in [0.05, 0.1) is 37.9 Å². The Kier molecular flexibility index (Phi) is 7.40. The second kappa shape index (κ2) is 10.1. The van der Waals surface area contributed by atoms with Gasteiger partial charge in [-0.15, -0.1) is 0 Å². The highest BCUT2D eigenvalue weighted by molar-refractivity contribution is 5.97. The van der Waals surface area contributed by atoms with Crippen LogP contribution in [0.3, 0.4) is 0 Å². The maximum Gasteiger partial charge on any atom is 0.307 e. The van der Waals surface area contributed by atoms with Gasteiger partial charge < -0.3 is 25.1 Å². The minimum absolute atomic E-state index is 0.0357. The quantitative estimate of drug-likeness (QED) is 0.545. The summed E-state index contributed by atoms with van der Waals surface area (Å²) in [5, 5.41) is 10.3. The number of carboxylic acids is 1. The third-order valence-corrected chi connectivity index (χ3v) is 10.3. The first-order valence-corrected chi connectivity index (χ1v) is 14.1. The summed E-state index contributed by atoms with van der Waals surface area (Å²) in [4.78, 5) is 26.3. The Morgan fingerprint density at radius 1 is 1.22 bits per heavy atom. The van der Waals surface area contributed by atoms with Crippen LogP contribution in [0.4, 0.5) is 0 Å². The fraction of sp³-hybridized carbons (Fsp3) is 0.862. The first-order chi connectivity index (χ1) is 17.2. The average Bonchev–Trinajstić information content (AvgIpc) is 2.82. The van der Waals surface area contributed by atoms with Crippen LogP contribution in [0.1, 0.15) is 59.3 Å². The SMILES string of the molecule is CO[C@@H]1C[C@@]23COCC(C2CCC2C3=CC(=O)C3C2CCC(CC(C)C)C3C(=O)O)[C@H]1OCC(C)N. The molecule has 1 aliphatic heterocycles. The van der Waals surface area contributed by atoms with E-state index < -0.39 is 17.8 Å². The minimum Gasteiger partial charge on any atom is -0.481 e. The van der Waals surface area contributed by atoms with E-state index in [0.29, 0.717) is 31.7 Å². The van der Waals surface area contributed by atoms with Gasteiger partial charge in [-0.25, -0.2) is 0 Å². The van der Waals surface area contributed by atoms with Gasteiger partial charge in [0.25, 0.3) is 0 Å². The molecule has 5 aliphatic rings. The minimum atomic E-state index is -0.792. The summed E-state index contributed by atoms with van der Waals surface area (Å²) in [5.74, 6) is -0.257. The molecular formula is C29H45NO6. The molecule has 36 heavy (non-hydrogen) atoms. The second-order valence-electron chi connectivity index (χ2n) is 12.9. The molecule has 202 valence electrons. The Morgan fingerprint density at radius 2 is 2.00 bits per heavy atom. The lowest BCUT2D eigenvalue weighted by molar-refractivity contribution is -0.221. The number of ketones is 1. The van der Waals surface area contributed by atoms with E-state index in [4.69, 9.17) is 19.9 Å². The molecular weight excluding hydrogens is 458 g/mol. The highest BCUT2D eigenvalue weighted by Crippen LogP contribution is 2.64. The molecule has 7 heteroatoms. The molecule has 2 bridgehead atoms. The van der Waals surface area contributed by atoms with Crippen LogP contribution in [0, 0.1) is 52.8 Å². The Labute approximate surface area is 215 Å². The number of carbonyl (C=O) groups is 2. The number of hydrogen-bond acceptors (Lipinski definition) is 6. The second-order valence-corrected chi connectivity index (χ2v) is 12.9. The lowest BCUT2D eigenvalue weighted by Crippen LogP contribution is -2.64. The molecule has 3 saturated carbocycles. The van der Waals surface area contributed by atoms with E-state index in [0.717, 1.165) is 38.5 Å². The smallest absolute Gasteiger partial charge is 0.307 e. The molecule has 0 amide bonds. The average molecular weight is 504 g/mol.